The molecule has 0 saturated heterocycles. The number of halogens is 1. The molecule has 2 N–H and O–H groups in total. The Hall–Kier alpha value is -1.68. The highest BCUT2D eigenvalue weighted by molar-refractivity contribution is 5.61. The topological polar surface area (TPSA) is 43.8 Å². The van der Waals surface area contributed by atoms with Crippen LogP contribution >= 0.6 is 0 Å². The summed E-state index contributed by atoms with van der Waals surface area (Å²) < 4.78 is 14.6. The Morgan fingerprint density at radius 1 is 1.33 bits per heavy atom. The maximum absolute atomic E-state index is 12.7. The molecule has 0 aliphatic heterocycles. The van der Waals surface area contributed by atoms with Crippen LogP contribution in [0.5, 0.6) is 0 Å². The summed E-state index contributed by atoms with van der Waals surface area (Å²) in [4.78, 5) is 4.25. The van der Waals surface area contributed by atoms with E-state index in [1.54, 1.807) is 18.5 Å². The SMILES string of the molecule is Cn1cnc(-c2ccc(F)cc2)c1CN. The Bertz CT molecular complexity index is 459. The van der Waals surface area contributed by atoms with E-state index in [2.05, 4.69) is 4.98 Å². The van der Waals surface area contributed by atoms with Gasteiger partial charge in [0.2, 0.25) is 0 Å². The van der Waals surface area contributed by atoms with Crippen molar-refractivity contribution >= 4 is 0 Å². The molecule has 1 aromatic heterocycles. The fraction of sp³-hybridized carbons (Fsp3) is 0.182. The van der Waals surface area contributed by atoms with Crippen LogP contribution in [-0.2, 0) is 13.6 Å². The molecule has 3 nitrogen and oxygen atoms in total. The van der Waals surface area contributed by atoms with Crippen molar-refractivity contribution in [2.75, 3.05) is 0 Å². The second-order valence-electron chi connectivity index (χ2n) is 3.36. The molecule has 0 unspecified atom stereocenters. The van der Waals surface area contributed by atoms with E-state index < -0.39 is 0 Å². The van der Waals surface area contributed by atoms with Gasteiger partial charge in [0.15, 0.2) is 0 Å². The Kier molecular flexibility index (Phi) is 2.51. The molecule has 4 heteroatoms. The summed E-state index contributed by atoms with van der Waals surface area (Å²) in [6.45, 7) is 0.420. The van der Waals surface area contributed by atoms with Crippen LogP contribution in [0.25, 0.3) is 11.3 Å². The first kappa shape index (κ1) is 9.86. The zero-order valence-electron chi connectivity index (χ0n) is 8.44. The molecule has 0 amide bonds. The van der Waals surface area contributed by atoms with Crippen molar-refractivity contribution in [2.45, 2.75) is 6.54 Å². The first-order valence-electron chi connectivity index (χ1n) is 4.68. The normalized spacial score (nSPS) is 10.6. The van der Waals surface area contributed by atoms with E-state index in [1.807, 2.05) is 11.6 Å². The number of nitrogens with two attached hydrogens (primary N) is 1. The monoisotopic (exact) mass is 205 g/mol. The summed E-state index contributed by atoms with van der Waals surface area (Å²) in [6, 6.07) is 6.25. The van der Waals surface area contributed by atoms with Crippen LogP contribution in [0, 0.1) is 5.82 Å². The summed E-state index contributed by atoms with van der Waals surface area (Å²) in [5.41, 5.74) is 8.28. The highest BCUT2D eigenvalue weighted by Crippen LogP contribution is 2.21. The molecule has 0 atom stereocenters. The van der Waals surface area contributed by atoms with Crippen LogP contribution in [0.1, 0.15) is 5.69 Å². The van der Waals surface area contributed by atoms with Crippen molar-refractivity contribution < 1.29 is 4.39 Å². The Labute approximate surface area is 87.4 Å². The van der Waals surface area contributed by atoms with Crippen molar-refractivity contribution in [1.82, 2.24) is 9.55 Å². The van der Waals surface area contributed by atoms with Crippen molar-refractivity contribution in [1.29, 1.82) is 0 Å². The third kappa shape index (κ3) is 1.76. The molecule has 0 aliphatic carbocycles. The minimum atomic E-state index is -0.246. The van der Waals surface area contributed by atoms with Gasteiger partial charge in [-0.2, -0.15) is 0 Å². The van der Waals surface area contributed by atoms with Gasteiger partial charge < -0.3 is 10.3 Å². The maximum atomic E-state index is 12.7. The van der Waals surface area contributed by atoms with Gasteiger partial charge in [0, 0.05) is 19.2 Å². The lowest BCUT2D eigenvalue weighted by Gasteiger charge is -2.02. The number of imidazole rings is 1. The van der Waals surface area contributed by atoms with Crippen LogP contribution in [0.4, 0.5) is 4.39 Å². The van der Waals surface area contributed by atoms with E-state index in [4.69, 9.17) is 5.73 Å². The van der Waals surface area contributed by atoms with Gasteiger partial charge in [0.1, 0.15) is 5.82 Å². The Balaban J connectivity index is 2.49. The standard InChI is InChI=1S/C11H12FN3/c1-15-7-14-11(10(15)6-13)8-2-4-9(12)5-3-8/h2-5,7H,6,13H2,1H3. The fourth-order valence-electron chi connectivity index (χ4n) is 1.55. The summed E-state index contributed by atoms with van der Waals surface area (Å²) >= 11 is 0. The van der Waals surface area contributed by atoms with Crippen molar-refractivity contribution in [3.63, 3.8) is 0 Å². The van der Waals surface area contributed by atoms with Crippen molar-refractivity contribution in [3.05, 3.63) is 42.1 Å². The van der Waals surface area contributed by atoms with E-state index in [0.717, 1.165) is 17.0 Å². The quantitative estimate of drug-likeness (QED) is 0.810. The maximum Gasteiger partial charge on any atom is 0.123 e. The van der Waals surface area contributed by atoms with Gasteiger partial charge in [0.25, 0.3) is 0 Å². The number of rotatable bonds is 2. The molecule has 0 spiro atoms. The summed E-state index contributed by atoms with van der Waals surface area (Å²) in [5.74, 6) is -0.246. The minimum Gasteiger partial charge on any atom is -0.336 e. The number of hydrogen-bond donors (Lipinski definition) is 1. The molecule has 0 saturated carbocycles. The van der Waals surface area contributed by atoms with Crippen LogP contribution in [0.3, 0.4) is 0 Å². The van der Waals surface area contributed by atoms with E-state index in [1.165, 1.54) is 12.1 Å². The molecule has 78 valence electrons. The lowest BCUT2D eigenvalue weighted by atomic mass is 10.1. The molecular formula is C11H12FN3. The predicted octanol–water partition coefficient (Wildman–Crippen LogP) is 1.68. The van der Waals surface area contributed by atoms with Gasteiger partial charge >= 0.3 is 0 Å². The van der Waals surface area contributed by atoms with Gasteiger partial charge in [0.05, 0.1) is 17.7 Å². The third-order valence-corrected chi connectivity index (χ3v) is 2.37. The molecule has 2 aromatic rings. The molecule has 1 heterocycles. The number of benzene rings is 1. The number of aromatic nitrogens is 2. The largest absolute Gasteiger partial charge is 0.336 e. The first-order chi connectivity index (χ1) is 7.22. The van der Waals surface area contributed by atoms with Gasteiger partial charge in [-0.1, -0.05) is 0 Å². The van der Waals surface area contributed by atoms with E-state index >= 15 is 0 Å². The van der Waals surface area contributed by atoms with Crippen LogP contribution in [0.2, 0.25) is 0 Å². The van der Waals surface area contributed by atoms with E-state index in [-0.39, 0.29) is 5.82 Å². The van der Waals surface area contributed by atoms with Gasteiger partial charge in [-0.25, -0.2) is 9.37 Å². The summed E-state index contributed by atoms with van der Waals surface area (Å²) in [7, 11) is 1.89. The van der Waals surface area contributed by atoms with Gasteiger partial charge in [-0.15, -0.1) is 0 Å². The van der Waals surface area contributed by atoms with Crippen LogP contribution in [0.15, 0.2) is 30.6 Å². The molecule has 0 radical (unpaired) electrons. The number of nitrogens with zero attached hydrogens (tertiary/aromatic N) is 2. The minimum absolute atomic E-state index is 0.246. The van der Waals surface area contributed by atoms with Crippen LogP contribution in [-0.4, -0.2) is 9.55 Å². The molecule has 0 fully saturated rings. The average molecular weight is 205 g/mol. The highest BCUT2D eigenvalue weighted by Gasteiger charge is 2.08. The zero-order chi connectivity index (χ0) is 10.8. The average Bonchev–Trinajstić information content (AvgIpc) is 2.61. The first-order valence-corrected chi connectivity index (χ1v) is 4.68. The van der Waals surface area contributed by atoms with Gasteiger partial charge in [-0.3, -0.25) is 0 Å². The molecule has 2 rings (SSSR count). The number of aryl methyl sites for hydroxylation is 1. The highest BCUT2D eigenvalue weighted by atomic mass is 19.1. The zero-order valence-corrected chi connectivity index (χ0v) is 8.44. The lowest BCUT2D eigenvalue weighted by Crippen LogP contribution is -2.04. The van der Waals surface area contributed by atoms with E-state index in [9.17, 15) is 4.39 Å². The molecular weight excluding hydrogens is 193 g/mol. The van der Waals surface area contributed by atoms with E-state index in [0.29, 0.717) is 6.54 Å². The smallest absolute Gasteiger partial charge is 0.123 e. The second-order valence-corrected chi connectivity index (χ2v) is 3.36. The summed E-state index contributed by atoms with van der Waals surface area (Å²) in [5, 5.41) is 0. The fourth-order valence-corrected chi connectivity index (χ4v) is 1.55. The summed E-state index contributed by atoms with van der Waals surface area (Å²) in [6.07, 6.45) is 1.71. The molecule has 1 aromatic carbocycles. The van der Waals surface area contributed by atoms with Crippen molar-refractivity contribution in [2.24, 2.45) is 12.8 Å². The molecule has 0 bridgehead atoms. The van der Waals surface area contributed by atoms with Crippen molar-refractivity contribution in [3.8, 4) is 11.3 Å². The second kappa shape index (κ2) is 3.82. The van der Waals surface area contributed by atoms with Crippen LogP contribution < -0.4 is 5.73 Å². The lowest BCUT2D eigenvalue weighted by molar-refractivity contribution is 0.628. The third-order valence-electron chi connectivity index (χ3n) is 2.37. The molecule has 15 heavy (non-hydrogen) atoms. The van der Waals surface area contributed by atoms with Gasteiger partial charge in [-0.05, 0) is 24.3 Å². The Morgan fingerprint density at radius 3 is 2.60 bits per heavy atom. The Morgan fingerprint density at radius 2 is 2.00 bits per heavy atom. The number of hydrogen-bond acceptors (Lipinski definition) is 2. The predicted molar refractivity (Wildman–Crippen MR) is 56.5 cm³/mol. The molecule has 0 aliphatic rings.